The average molecular weight is 249 g/mol. The zero-order chi connectivity index (χ0) is 12.6. The van der Waals surface area contributed by atoms with Gasteiger partial charge in [-0.25, -0.2) is 0 Å². The molecular weight excluding hydrogens is 230 g/mol. The topological polar surface area (TPSA) is 38.8 Å². The second kappa shape index (κ2) is 7.13. The van der Waals surface area contributed by atoms with Crippen molar-refractivity contribution in [2.75, 3.05) is 26.3 Å². The van der Waals surface area contributed by atoms with Crippen LogP contribution in [-0.4, -0.2) is 43.8 Å². The molecule has 18 heavy (non-hydrogen) atoms. The molecule has 98 valence electrons. The fraction of sp³-hybridized carbons (Fsp3) is 0.500. The van der Waals surface area contributed by atoms with Crippen LogP contribution in [-0.2, 0) is 20.8 Å². The Kier molecular flexibility index (Phi) is 5.17. The van der Waals surface area contributed by atoms with Gasteiger partial charge in [0.05, 0.1) is 19.3 Å². The standard InChI is InChI=1S/C14H19NO3/c16-12-17-8-6-14-11-15(7-9-18-14)10-13-4-2-1-3-5-13/h1-5,12,14H,6-11H2. The summed E-state index contributed by atoms with van der Waals surface area (Å²) in [7, 11) is 0. The summed E-state index contributed by atoms with van der Waals surface area (Å²) in [6.07, 6.45) is 0.937. The molecule has 4 heteroatoms. The number of hydrogen-bond donors (Lipinski definition) is 0. The third-order valence-corrected chi connectivity index (χ3v) is 3.10. The van der Waals surface area contributed by atoms with E-state index in [-0.39, 0.29) is 6.10 Å². The molecule has 0 saturated carbocycles. The monoisotopic (exact) mass is 249 g/mol. The van der Waals surface area contributed by atoms with Gasteiger partial charge in [-0.05, 0) is 5.56 Å². The summed E-state index contributed by atoms with van der Waals surface area (Å²) in [5.74, 6) is 0. The van der Waals surface area contributed by atoms with Gasteiger partial charge < -0.3 is 9.47 Å². The first-order chi connectivity index (χ1) is 8.88. The Hall–Kier alpha value is -1.39. The maximum atomic E-state index is 10.1. The van der Waals surface area contributed by atoms with E-state index in [4.69, 9.17) is 9.47 Å². The number of ether oxygens (including phenoxy) is 2. The summed E-state index contributed by atoms with van der Waals surface area (Å²) < 4.78 is 10.4. The Balaban J connectivity index is 1.78. The first-order valence-corrected chi connectivity index (χ1v) is 6.31. The highest BCUT2D eigenvalue weighted by Crippen LogP contribution is 2.12. The van der Waals surface area contributed by atoms with Crippen molar-refractivity contribution >= 4 is 6.47 Å². The van der Waals surface area contributed by atoms with Gasteiger partial charge in [-0.15, -0.1) is 0 Å². The number of carbonyl (C=O) groups is 1. The largest absolute Gasteiger partial charge is 0.468 e. The number of rotatable bonds is 6. The van der Waals surface area contributed by atoms with Gasteiger partial charge in [0, 0.05) is 26.1 Å². The van der Waals surface area contributed by atoms with Crippen molar-refractivity contribution in [2.24, 2.45) is 0 Å². The molecule has 2 rings (SSSR count). The third kappa shape index (κ3) is 4.13. The summed E-state index contributed by atoms with van der Waals surface area (Å²) in [4.78, 5) is 12.5. The maximum absolute atomic E-state index is 10.1. The predicted molar refractivity (Wildman–Crippen MR) is 68.1 cm³/mol. The molecule has 1 atom stereocenters. The molecule has 0 N–H and O–H groups in total. The molecule has 0 amide bonds. The molecule has 0 aliphatic carbocycles. The Morgan fingerprint density at radius 1 is 1.39 bits per heavy atom. The number of morpholine rings is 1. The van der Waals surface area contributed by atoms with E-state index in [9.17, 15) is 4.79 Å². The van der Waals surface area contributed by atoms with Crippen molar-refractivity contribution in [3.63, 3.8) is 0 Å². The molecule has 1 aliphatic rings. The molecule has 1 fully saturated rings. The molecule has 0 aromatic heterocycles. The number of nitrogens with zero attached hydrogens (tertiary/aromatic N) is 1. The smallest absolute Gasteiger partial charge is 0.293 e. The van der Waals surface area contributed by atoms with Gasteiger partial charge in [-0.1, -0.05) is 30.3 Å². The molecule has 1 unspecified atom stereocenters. The molecule has 1 saturated heterocycles. The predicted octanol–water partition coefficient (Wildman–Crippen LogP) is 1.45. The Bertz CT molecular complexity index is 355. The second-order valence-electron chi connectivity index (χ2n) is 4.47. The van der Waals surface area contributed by atoms with Crippen LogP contribution in [0.1, 0.15) is 12.0 Å². The third-order valence-electron chi connectivity index (χ3n) is 3.10. The van der Waals surface area contributed by atoms with Crippen molar-refractivity contribution in [2.45, 2.75) is 19.1 Å². The quantitative estimate of drug-likeness (QED) is 0.565. The van der Waals surface area contributed by atoms with Crippen molar-refractivity contribution in [1.82, 2.24) is 4.90 Å². The summed E-state index contributed by atoms with van der Waals surface area (Å²) in [5, 5.41) is 0. The van der Waals surface area contributed by atoms with E-state index in [1.165, 1.54) is 5.56 Å². The first-order valence-electron chi connectivity index (χ1n) is 6.31. The van der Waals surface area contributed by atoms with E-state index in [0.29, 0.717) is 13.1 Å². The van der Waals surface area contributed by atoms with Gasteiger partial charge in [-0.3, -0.25) is 9.69 Å². The molecular formula is C14H19NO3. The minimum absolute atomic E-state index is 0.169. The van der Waals surface area contributed by atoms with Crippen LogP contribution in [0.15, 0.2) is 30.3 Å². The number of carbonyl (C=O) groups excluding carboxylic acids is 1. The molecule has 1 aliphatic heterocycles. The molecule has 1 heterocycles. The Labute approximate surface area is 107 Å². The molecule has 1 aromatic carbocycles. The van der Waals surface area contributed by atoms with E-state index in [2.05, 4.69) is 29.2 Å². The van der Waals surface area contributed by atoms with Crippen LogP contribution in [0.2, 0.25) is 0 Å². The Morgan fingerprint density at radius 2 is 2.22 bits per heavy atom. The van der Waals surface area contributed by atoms with Crippen LogP contribution < -0.4 is 0 Å². The highest BCUT2D eigenvalue weighted by Gasteiger charge is 2.20. The van der Waals surface area contributed by atoms with Crippen LogP contribution in [0.5, 0.6) is 0 Å². The van der Waals surface area contributed by atoms with Crippen LogP contribution in [0, 0.1) is 0 Å². The highest BCUT2D eigenvalue weighted by molar-refractivity contribution is 5.36. The van der Waals surface area contributed by atoms with Crippen LogP contribution in [0.4, 0.5) is 0 Å². The molecule has 0 radical (unpaired) electrons. The van der Waals surface area contributed by atoms with Crippen LogP contribution >= 0.6 is 0 Å². The molecule has 4 nitrogen and oxygen atoms in total. The van der Waals surface area contributed by atoms with Gasteiger partial charge in [-0.2, -0.15) is 0 Å². The van der Waals surface area contributed by atoms with Gasteiger partial charge >= 0.3 is 0 Å². The van der Waals surface area contributed by atoms with Crippen LogP contribution in [0.3, 0.4) is 0 Å². The van der Waals surface area contributed by atoms with Crippen LogP contribution in [0.25, 0.3) is 0 Å². The molecule has 0 spiro atoms. The van der Waals surface area contributed by atoms with Crippen molar-refractivity contribution in [3.8, 4) is 0 Å². The van der Waals surface area contributed by atoms with Gasteiger partial charge in [0.1, 0.15) is 0 Å². The highest BCUT2D eigenvalue weighted by atomic mass is 16.5. The molecule has 0 bridgehead atoms. The van der Waals surface area contributed by atoms with E-state index >= 15 is 0 Å². The van der Waals surface area contributed by atoms with Gasteiger partial charge in [0.25, 0.3) is 6.47 Å². The van der Waals surface area contributed by atoms with E-state index in [1.807, 2.05) is 6.07 Å². The van der Waals surface area contributed by atoms with E-state index < -0.39 is 0 Å². The normalized spacial score (nSPS) is 20.6. The van der Waals surface area contributed by atoms with E-state index in [0.717, 1.165) is 32.7 Å². The number of benzene rings is 1. The fourth-order valence-electron chi connectivity index (χ4n) is 2.19. The summed E-state index contributed by atoms with van der Waals surface area (Å²) in [5.41, 5.74) is 1.32. The summed E-state index contributed by atoms with van der Waals surface area (Å²) in [6, 6.07) is 10.4. The first kappa shape index (κ1) is 13.1. The van der Waals surface area contributed by atoms with Gasteiger partial charge in [0.15, 0.2) is 0 Å². The SMILES string of the molecule is O=COCCC1CN(Cc2ccccc2)CCO1. The van der Waals surface area contributed by atoms with Crippen molar-refractivity contribution < 1.29 is 14.3 Å². The number of hydrogen-bond acceptors (Lipinski definition) is 4. The lowest BCUT2D eigenvalue weighted by Gasteiger charge is -2.32. The minimum atomic E-state index is 0.169. The average Bonchev–Trinajstić information content (AvgIpc) is 2.41. The summed E-state index contributed by atoms with van der Waals surface area (Å²) >= 11 is 0. The lowest BCUT2D eigenvalue weighted by Crippen LogP contribution is -2.42. The Morgan fingerprint density at radius 3 is 3.00 bits per heavy atom. The lowest BCUT2D eigenvalue weighted by atomic mass is 10.1. The zero-order valence-corrected chi connectivity index (χ0v) is 10.5. The lowest BCUT2D eigenvalue weighted by molar-refractivity contribution is -0.130. The van der Waals surface area contributed by atoms with Crippen molar-refractivity contribution in [1.29, 1.82) is 0 Å². The van der Waals surface area contributed by atoms with Crippen molar-refractivity contribution in [3.05, 3.63) is 35.9 Å². The minimum Gasteiger partial charge on any atom is -0.468 e. The van der Waals surface area contributed by atoms with Gasteiger partial charge in [0.2, 0.25) is 0 Å². The second-order valence-corrected chi connectivity index (χ2v) is 4.47. The summed E-state index contributed by atoms with van der Waals surface area (Å²) in [6.45, 7) is 4.49. The zero-order valence-electron chi connectivity index (χ0n) is 10.5. The molecule has 1 aromatic rings. The maximum Gasteiger partial charge on any atom is 0.293 e. The fourth-order valence-corrected chi connectivity index (χ4v) is 2.19. The van der Waals surface area contributed by atoms with E-state index in [1.54, 1.807) is 0 Å².